The predicted molar refractivity (Wildman–Crippen MR) is 83.0 cm³/mol. The van der Waals surface area contributed by atoms with Crippen molar-refractivity contribution in [1.82, 2.24) is 0 Å². The molecule has 2 rings (SSSR count). The van der Waals surface area contributed by atoms with E-state index in [-0.39, 0.29) is 0 Å². The SMILES string of the molecule is C[Si](C)(C)c1ccc(CSC2CCCC2)cc1. The Bertz CT molecular complexity index is 344. The van der Waals surface area contributed by atoms with Gasteiger partial charge in [0.05, 0.1) is 8.07 Å². The number of thioether (sulfide) groups is 1. The second-order valence-corrected chi connectivity index (χ2v) is 12.5. The summed E-state index contributed by atoms with van der Waals surface area (Å²) in [5, 5.41) is 2.51. The van der Waals surface area contributed by atoms with Crippen LogP contribution in [0.3, 0.4) is 0 Å². The lowest BCUT2D eigenvalue weighted by Crippen LogP contribution is -2.37. The molecule has 17 heavy (non-hydrogen) atoms. The summed E-state index contributed by atoms with van der Waals surface area (Å²) >= 11 is 2.16. The summed E-state index contributed by atoms with van der Waals surface area (Å²) in [7, 11) is -1.11. The lowest BCUT2D eigenvalue weighted by atomic mass is 10.2. The first-order valence-corrected chi connectivity index (χ1v) is 11.3. The Morgan fingerprint density at radius 2 is 1.65 bits per heavy atom. The van der Waals surface area contributed by atoms with Crippen LogP contribution in [0.4, 0.5) is 0 Å². The van der Waals surface area contributed by atoms with Gasteiger partial charge in [-0.25, -0.2) is 0 Å². The highest BCUT2D eigenvalue weighted by molar-refractivity contribution is 7.99. The van der Waals surface area contributed by atoms with Crippen molar-refractivity contribution in [1.29, 1.82) is 0 Å². The number of hydrogen-bond donors (Lipinski definition) is 0. The van der Waals surface area contributed by atoms with Crippen molar-refractivity contribution in [2.24, 2.45) is 0 Å². The first-order chi connectivity index (χ1) is 8.05. The fourth-order valence-electron chi connectivity index (χ4n) is 2.37. The summed E-state index contributed by atoms with van der Waals surface area (Å²) in [6.07, 6.45) is 5.79. The third-order valence-corrected chi connectivity index (χ3v) is 7.12. The smallest absolute Gasteiger partial charge is 0.0775 e. The highest BCUT2D eigenvalue weighted by atomic mass is 32.2. The topological polar surface area (TPSA) is 0 Å². The molecule has 1 aromatic rings. The quantitative estimate of drug-likeness (QED) is 0.726. The molecule has 2 heteroatoms. The monoisotopic (exact) mass is 264 g/mol. The standard InChI is InChI=1S/C15H24SSi/c1-17(2,3)15-10-8-13(9-11-15)12-16-14-6-4-5-7-14/h8-11,14H,4-7,12H2,1-3H3. The molecule has 0 N–H and O–H groups in total. The third-order valence-electron chi connectivity index (χ3n) is 3.61. The minimum absolute atomic E-state index is 0.937. The van der Waals surface area contributed by atoms with Gasteiger partial charge in [0.25, 0.3) is 0 Å². The second kappa shape index (κ2) is 5.62. The van der Waals surface area contributed by atoms with Gasteiger partial charge in [-0.2, -0.15) is 11.8 Å². The molecule has 0 atom stereocenters. The highest BCUT2D eigenvalue weighted by Gasteiger charge is 2.17. The van der Waals surface area contributed by atoms with E-state index in [1.807, 2.05) is 0 Å². The maximum absolute atomic E-state index is 2.41. The maximum atomic E-state index is 2.41. The van der Waals surface area contributed by atoms with Gasteiger partial charge in [0.1, 0.15) is 0 Å². The molecule has 0 saturated heterocycles. The van der Waals surface area contributed by atoms with Gasteiger partial charge >= 0.3 is 0 Å². The van der Waals surface area contributed by atoms with E-state index < -0.39 is 8.07 Å². The third kappa shape index (κ3) is 3.89. The first kappa shape index (κ1) is 13.2. The van der Waals surface area contributed by atoms with Crippen LogP contribution in [-0.4, -0.2) is 13.3 Å². The molecule has 0 amide bonds. The summed E-state index contributed by atoms with van der Waals surface area (Å²) in [6, 6.07) is 9.40. The van der Waals surface area contributed by atoms with Gasteiger partial charge < -0.3 is 0 Å². The summed E-state index contributed by atoms with van der Waals surface area (Å²) in [5.41, 5.74) is 1.50. The fraction of sp³-hybridized carbons (Fsp3) is 0.600. The van der Waals surface area contributed by atoms with Crippen LogP contribution in [-0.2, 0) is 5.75 Å². The van der Waals surface area contributed by atoms with Crippen LogP contribution >= 0.6 is 11.8 Å². The molecule has 0 aliphatic heterocycles. The van der Waals surface area contributed by atoms with Crippen LogP contribution in [0, 0.1) is 0 Å². The van der Waals surface area contributed by atoms with Crippen molar-refractivity contribution in [2.45, 2.75) is 56.3 Å². The van der Waals surface area contributed by atoms with Gasteiger partial charge in [-0.05, 0) is 18.4 Å². The molecule has 1 aromatic carbocycles. The molecule has 0 heterocycles. The summed E-state index contributed by atoms with van der Waals surface area (Å²) < 4.78 is 0. The Morgan fingerprint density at radius 3 is 2.18 bits per heavy atom. The van der Waals surface area contributed by atoms with Crippen LogP contribution in [0.2, 0.25) is 19.6 Å². The normalized spacial score (nSPS) is 17.6. The molecule has 1 aliphatic carbocycles. The van der Waals surface area contributed by atoms with E-state index in [4.69, 9.17) is 0 Å². The molecule has 0 aromatic heterocycles. The van der Waals surface area contributed by atoms with Crippen molar-refractivity contribution in [3.63, 3.8) is 0 Å². The molecule has 94 valence electrons. The van der Waals surface area contributed by atoms with E-state index in [9.17, 15) is 0 Å². The average Bonchev–Trinajstić information content (AvgIpc) is 2.78. The zero-order valence-corrected chi connectivity index (χ0v) is 13.1. The van der Waals surface area contributed by atoms with E-state index in [0.717, 1.165) is 5.25 Å². The van der Waals surface area contributed by atoms with Gasteiger partial charge in [-0.15, -0.1) is 0 Å². The van der Waals surface area contributed by atoms with Crippen LogP contribution in [0.5, 0.6) is 0 Å². The zero-order valence-electron chi connectivity index (χ0n) is 11.3. The molecule has 1 saturated carbocycles. The second-order valence-electron chi connectivity index (χ2n) is 6.16. The Kier molecular flexibility index (Phi) is 4.37. The van der Waals surface area contributed by atoms with Gasteiger partial charge in [-0.1, -0.05) is 61.9 Å². The van der Waals surface area contributed by atoms with Crippen LogP contribution < -0.4 is 5.19 Å². The molecule has 0 unspecified atom stereocenters. The summed E-state index contributed by atoms with van der Waals surface area (Å²) in [5.74, 6) is 1.21. The zero-order chi connectivity index (χ0) is 12.3. The van der Waals surface area contributed by atoms with Crippen molar-refractivity contribution in [2.75, 3.05) is 0 Å². The van der Waals surface area contributed by atoms with E-state index >= 15 is 0 Å². The Morgan fingerprint density at radius 1 is 1.06 bits per heavy atom. The molecule has 0 nitrogen and oxygen atoms in total. The Balaban J connectivity index is 1.89. The van der Waals surface area contributed by atoms with E-state index in [0.29, 0.717) is 0 Å². The average molecular weight is 265 g/mol. The van der Waals surface area contributed by atoms with Crippen molar-refractivity contribution >= 4 is 25.0 Å². The molecule has 0 bridgehead atoms. The Hall–Kier alpha value is -0.213. The van der Waals surface area contributed by atoms with E-state index in [2.05, 4.69) is 55.7 Å². The molecular weight excluding hydrogens is 240 g/mol. The predicted octanol–water partition coefficient (Wildman–Crippen LogP) is 4.41. The Labute approximate surface area is 111 Å². The lowest BCUT2D eigenvalue weighted by molar-refractivity contribution is 0.886. The summed E-state index contributed by atoms with van der Waals surface area (Å²) in [4.78, 5) is 0. The fourth-order valence-corrected chi connectivity index (χ4v) is 4.82. The minimum Gasteiger partial charge on any atom is -0.154 e. The van der Waals surface area contributed by atoms with Crippen LogP contribution in [0.1, 0.15) is 31.2 Å². The van der Waals surface area contributed by atoms with E-state index in [1.165, 1.54) is 37.0 Å². The first-order valence-electron chi connectivity index (χ1n) is 6.77. The molecule has 1 fully saturated rings. The van der Waals surface area contributed by atoms with Gasteiger partial charge in [0.15, 0.2) is 0 Å². The largest absolute Gasteiger partial charge is 0.154 e. The van der Waals surface area contributed by atoms with Crippen LogP contribution in [0.25, 0.3) is 0 Å². The number of hydrogen-bond acceptors (Lipinski definition) is 1. The molecule has 0 radical (unpaired) electrons. The number of rotatable bonds is 4. The highest BCUT2D eigenvalue weighted by Crippen LogP contribution is 2.31. The minimum atomic E-state index is -1.11. The lowest BCUT2D eigenvalue weighted by Gasteiger charge is -2.17. The molecular formula is C15H24SSi. The van der Waals surface area contributed by atoms with Crippen molar-refractivity contribution in [3.05, 3.63) is 29.8 Å². The van der Waals surface area contributed by atoms with Gasteiger partial charge in [0.2, 0.25) is 0 Å². The summed E-state index contributed by atoms with van der Waals surface area (Å²) in [6.45, 7) is 7.24. The van der Waals surface area contributed by atoms with Crippen molar-refractivity contribution in [3.8, 4) is 0 Å². The molecule has 0 spiro atoms. The maximum Gasteiger partial charge on any atom is 0.0775 e. The van der Waals surface area contributed by atoms with Crippen LogP contribution in [0.15, 0.2) is 24.3 Å². The van der Waals surface area contributed by atoms with Gasteiger partial charge in [-0.3, -0.25) is 0 Å². The van der Waals surface area contributed by atoms with Gasteiger partial charge in [0, 0.05) is 11.0 Å². The number of benzene rings is 1. The molecule has 1 aliphatic rings. The van der Waals surface area contributed by atoms with Crippen molar-refractivity contribution < 1.29 is 0 Å². The van der Waals surface area contributed by atoms with E-state index in [1.54, 1.807) is 5.19 Å².